The summed E-state index contributed by atoms with van der Waals surface area (Å²) >= 11 is 5.83. The number of rotatable bonds is 2. The van der Waals surface area contributed by atoms with Crippen LogP contribution in [0.5, 0.6) is 5.75 Å². The van der Waals surface area contributed by atoms with Gasteiger partial charge in [0.15, 0.2) is 0 Å². The number of carboxylic acid groups (broad SMARTS) is 1. The zero-order chi connectivity index (χ0) is 11.8. The van der Waals surface area contributed by atoms with Crippen molar-refractivity contribution in [2.45, 2.75) is 18.9 Å². The normalized spacial score (nSPS) is 22.9. The van der Waals surface area contributed by atoms with Gasteiger partial charge in [-0.05, 0) is 24.6 Å². The molecule has 4 nitrogen and oxygen atoms in total. The van der Waals surface area contributed by atoms with Crippen LogP contribution in [0.25, 0.3) is 0 Å². The van der Waals surface area contributed by atoms with Crippen molar-refractivity contribution < 1.29 is 14.6 Å². The second-order valence-electron chi connectivity index (χ2n) is 3.75. The van der Waals surface area contributed by atoms with Crippen LogP contribution in [0.2, 0.25) is 5.02 Å². The summed E-state index contributed by atoms with van der Waals surface area (Å²) < 4.78 is 5.56. The van der Waals surface area contributed by atoms with Crippen molar-refractivity contribution in [1.29, 1.82) is 0 Å². The van der Waals surface area contributed by atoms with E-state index < -0.39 is 11.6 Å². The molecule has 2 rings (SSSR count). The van der Waals surface area contributed by atoms with Gasteiger partial charge in [0.25, 0.3) is 0 Å². The molecule has 0 aliphatic carbocycles. The Balaban J connectivity index is 2.36. The predicted molar refractivity (Wildman–Crippen MR) is 61.2 cm³/mol. The first-order valence-corrected chi connectivity index (χ1v) is 5.41. The summed E-state index contributed by atoms with van der Waals surface area (Å²) in [6.45, 7) is 2.03. The minimum absolute atomic E-state index is 0.242. The molecule has 86 valence electrons. The lowest BCUT2D eigenvalue weighted by Crippen LogP contribution is -2.52. The first-order valence-electron chi connectivity index (χ1n) is 5.03. The number of benzene rings is 1. The van der Waals surface area contributed by atoms with E-state index in [2.05, 4.69) is 5.32 Å². The van der Waals surface area contributed by atoms with E-state index in [1.165, 1.54) is 0 Å². The quantitative estimate of drug-likeness (QED) is 0.835. The van der Waals surface area contributed by atoms with Crippen LogP contribution < -0.4 is 10.1 Å². The van der Waals surface area contributed by atoms with Gasteiger partial charge in [-0.2, -0.15) is 0 Å². The van der Waals surface area contributed by atoms with Gasteiger partial charge in [-0.3, -0.25) is 0 Å². The first-order chi connectivity index (χ1) is 7.57. The van der Waals surface area contributed by atoms with Crippen LogP contribution in [0.15, 0.2) is 18.2 Å². The van der Waals surface area contributed by atoms with Crippen LogP contribution in [0, 0.1) is 0 Å². The maximum atomic E-state index is 11.2. The zero-order valence-corrected chi connectivity index (χ0v) is 9.54. The third-order valence-corrected chi connectivity index (χ3v) is 3.01. The van der Waals surface area contributed by atoms with Crippen molar-refractivity contribution >= 4 is 23.3 Å². The van der Waals surface area contributed by atoms with Crippen LogP contribution in [0.3, 0.4) is 0 Å². The molecule has 2 N–H and O–H groups in total. The van der Waals surface area contributed by atoms with Crippen LogP contribution in [0.1, 0.15) is 13.3 Å². The Hall–Kier alpha value is -1.42. The van der Waals surface area contributed by atoms with Crippen molar-refractivity contribution in [1.82, 2.24) is 0 Å². The molecule has 0 radical (unpaired) electrons. The summed E-state index contributed by atoms with van der Waals surface area (Å²) in [5.41, 5.74) is -0.446. The van der Waals surface area contributed by atoms with E-state index >= 15 is 0 Å². The predicted octanol–water partition coefficient (Wildman–Crippen LogP) is 2.38. The first kappa shape index (κ1) is 11.1. The molecule has 16 heavy (non-hydrogen) atoms. The summed E-state index contributed by atoms with van der Waals surface area (Å²) in [7, 11) is 0. The summed E-state index contributed by atoms with van der Waals surface area (Å²) in [6, 6.07) is 5.07. The Morgan fingerprint density at radius 1 is 1.69 bits per heavy atom. The standard InChI is InChI=1S/C11H12ClNO3/c1-2-11(10(14)15)6-13-8-5-7(12)3-4-9(8)16-11/h3-5,13H,2,6H2,1H3,(H,14,15). The van der Waals surface area contributed by atoms with E-state index in [4.69, 9.17) is 16.3 Å². The molecule has 1 aliphatic rings. The van der Waals surface area contributed by atoms with E-state index in [9.17, 15) is 9.90 Å². The molecule has 0 fully saturated rings. The van der Waals surface area contributed by atoms with Gasteiger partial charge in [-0.25, -0.2) is 4.79 Å². The Bertz CT molecular complexity index is 435. The molecule has 0 amide bonds. The highest BCUT2D eigenvalue weighted by Gasteiger charge is 2.42. The van der Waals surface area contributed by atoms with Gasteiger partial charge in [-0.1, -0.05) is 18.5 Å². The summed E-state index contributed by atoms with van der Waals surface area (Å²) in [6.07, 6.45) is 0.400. The van der Waals surface area contributed by atoms with Crippen molar-refractivity contribution in [3.8, 4) is 5.75 Å². The number of aliphatic carboxylic acids is 1. The lowest BCUT2D eigenvalue weighted by molar-refractivity contribution is -0.154. The fourth-order valence-corrected chi connectivity index (χ4v) is 1.85. The van der Waals surface area contributed by atoms with Gasteiger partial charge in [0.05, 0.1) is 12.2 Å². The SMILES string of the molecule is CCC1(C(=O)O)CNc2cc(Cl)ccc2O1. The fraction of sp³-hybridized carbons (Fsp3) is 0.364. The molecule has 1 unspecified atom stereocenters. The number of nitrogens with one attached hydrogen (secondary N) is 1. The molecule has 0 aromatic heterocycles. The minimum atomic E-state index is -1.18. The average Bonchev–Trinajstić information content (AvgIpc) is 2.28. The van der Waals surface area contributed by atoms with Crippen molar-refractivity contribution in [2.24, 2.45) is 0 Å². The molecule has 0 saturated heterocycles. The molecule has 5 heteroatoms. The number of halogens is 1. The molecule has 0 bridgehead atoms. The van der Waals surface area contributed by atoms with Crippen LogP contribution >= 0.6 is 11.6 Å². The highest BCUT2D eigenvalue weighted by molar-refractivity contribution is 6.30. The minimum Gasteiger partial charge on any atom is -0.478 e. The number of carbonyl (C=O) groups is 1. The van der Waals surface area contributed by atoms with Crippen molar-refractivity contribution in [3.05, 3.63) is 23.2 Å². The van der Waals surface area contributed by atoms with Crippen molar-refractivity contribution in [2.75, 3.05) is 11.9 Å². The highest BCUT2D eigenvalue weighted by Crippen LogP contribution is 2.36. The van der Waals surface area contributed by atoms with Crippen molar-refractivity contribution in [3.63, 3.8) is 0 Å². The number of hydrogen-bond donors (Lipinski definition) is 2. The van der Waals surface area contributed by atoms with Gasteiger partial charge in [0, 0.05) is 5.02 Å². The Labute approximate surface area is 98.2 Å². The van der Waals surface area contributed by atoms with Gasteiger partial charge in [0.1, 0.15) is 5.75 Å². The maximum Gasteiger partial charge on any atom is 0.349 e. The van der Waals surface area contributed by atoms with Crippen LogP contribution in [-0.4, -0.2) is 23.2 Å². The second kappa shape index (κ2) is 3.87. The van der Waals surface area contributed by atoms with Gasteiger partial charge in [-0.15, -0.1) is 0 Å². The monoisotopic (exact) mass is 241 g/mol. The third-order valence-electron chi connectivity index (χ3n) is 2.77. The molecule has 1 heterocycles. The molecule has 1 aromatic carbocycles. The van der Waals surface area contributed by atoms with Gasteiger partial charge < -0.3 is 15.2 Å². The number of ether oxygens (including phenoxy) is 1. The zero-order valence-electron chi connectivity index (χ0n) is 8.79. The van der Waals surface area contributed by atoms with E-state index in [1.54, 1.807) is 25.1 Å². The Morgan fingerprint density at radius 3 is 3.06 bits per heavy atom. The van der Waals surface area contributed by atoms with Crippen LogP contribution in [-0.2, 0) is 4.79 Å². The van der Waals surface area contributed by atoms with E-state index in [1.807, 2.05) is 0 Å². The second-order valence-corrected chi connectivity index (χ2v) is 4.19. The van der Waals surface area contributed by atoms with Crippen LogP contribution in [0.4, 0.5) is 5.69 Å². The fourth-order valence-electron chi connectivity index (χ4n) is 1.68. The topological polar surface area (TPSA) is 58.6 Å². The number of hydrogen-bond acceptors (Lipinski definition) is 3. The van der Waals surface area contributed by atoms with E-state index in [-0.39, 0.29) is 6.54 Å². The number of carboxylic acids is 1. The number of fused-ring (bicyclic) bond motifs is 1. The lowest BCUT2D eigenvalue weighted by Gasteiger charge is -2.35. The smallest absolute Gasteiger partial charge is 0.349 e. The number of anilines is 1. The highest BCUT2D eigenvalue weighted by atomic mass is 35.5. The largest absolute Gasteiger partial charge is 0.478 e. The maximum absolute atomic E-state index is 11.2. The summed E-state index contributed by atoms with van der Waals surface area (Å²) in [4.78, 5) is 11.2. The lowest BCUT2D eigenvalue weighted by atomic mass is 9.98. The van der Waals surface area contributed by atoms with Gasteiger partial charge in [0.2, 0.25) is 5.60 Å². The molecule has 0 saturated carbocycles. The van der Waals surface area contributed by atoms with Gasteiger partial charge >= 0.3 is 5.97 Å². The molecule has 1 atom stereocenters. The summed E-state index contributed by atoms with van der Waals surface area (Å²) in [5, 5.41) is 12.8. The molecule has 0 spiro atoms. The van der Waals surface area contributed by atoms with E-state index in [0.29, 0.717) is 17.2 Å². The molecular formula is C11H12ClNO3. The molecule has 1 aliphatic heterocycles. The molecule has 1 aromatic rings. The Kier molecular flexibility index (Phi) is 2.68. The summed E-state index contributed by atoms with van der Waals surface area (Å²) in [5.74, 6) is -0.428. The Morgan fingerprint density at radius 2 is 2.44 bits per heavy atom. The third kappa shape index (κ3) is 1.69. The van der Waals surface area contributed by atoms with E-state index in [0.717, 1.165) is 5.69 Å². The average molecular weight is 242 g/mol. The molecular weight excluding hydrogens is 230 g/mol.